The van der Waals surface area contributed by atoms with E-state index >= 15 is 0 Å². The van der Waals surface area contributed by atoms with E-state index in [1.807, 2.05) is 13.0 Å². The fourth-order valence-corrected chi connectivity index (χ4v) is 3.49. The van der Waals surface area contributed by atoms with Gasteiger partial charge in [-0.25, -0.2) is 0 Å². The van der Waals surface area contributed by atoms with Gasteiger partial charge in [0.1, 0.15) is 0 Å². The highest BCUT2D eigenvalue weighted by Crippen LogP contribution is 2.30. The normalized spacial score (nSPS) is 10.6. The van der Waals surface area contributed by atoms with Crippen molar-refractivity contribution in [2.24, 2.45) is 0 Å². The van der Waals surface area contributed by atoms with Crippen LogP contribution >= 0.6 is 50.5 Å². The summed E-state index contributed by atoms with van der Waals surface area (Å²) in [5.41, 5.74) is 0.543. The molecular formula is C12H7BrCl2OS. The molecule has 1 nitrogen and oxygen atoms in total. The van der Waals surface area contributed by atoms with E-state index in [-0.39, 0.29) is 5.78 Å². The number of thiophene rings is 1. The SMILES string of the molecule is Cc1cc(Br)c(C(=O)c2ccc(Cl)c(Cl)c2)s1. The van der Waals surface area contributed by atoms with Crippen LogP contribution in [0.3, 0.4) is 0 Å². The molecule has 0 amide bonds. The van der Waals surface area contributed by atoms with Crippen LogP contribution in [0.25, 0.3) is 0 Å². The molecule has 0 aliphatic rings. The Morgan fingerprint density at radius 2 is 1.94 bits per heavy atom. The Hall–Kier alpha value is -0.350. The predicted molar refractivity (Wildman–Crippen MR) is 76.7 cm³/mol. The van der Waals surface area contributed by atoms with Crippen molar-refractivity contribution in [3.8, 4) is 0 Å². The van der Waals surface area contributed by atoms with Crippen molar-refractivity contribution < 1.29 is 4.79 Å². The van der Waals surface area contributed by atoms with Crippen molar-refractivity contribution in [2.75, 3.05) is 0 Å². The van der Waals surface area contributed by atoms with Gasteiger partial charge in [-0.05, 0) is 47.1 Å². The minimum Gasteiger partial charge on any atom is -0.288 e. The number of hydrogen-bond acceptors (Lipinski definition) is 2. The number of ketones is 1. The molecule has 0 saturated carbocycles. The van der Waals surface area contributed by atoms with Gasteiger partial charge in [0.15, 0.2) is 0 Å². The zero-order valence-corrected chi connectivity index (χ0v) is 12.7. The second-order valence-corrected chi connectivity index (χ2v) is 6.42. The molecule has 1 heterocycles. The van der Waals surface area contributed by atoms with E-state index in [1.54, 1.807) is 18.2 Å². The monoisotopic (exact) mass is 348 g/mol. The van der Waals surface area contributed by atoms with Crippen LogP contribution in [0.2, 0.25) is 10.0 Å². The minimum absolute atomic E-state index is 0.0476. The zero-order chi connectivity index (χ0) is 12.6. The Bertz CT molecular complexity index is 592. The maximum atomic E-state index is 12.2. The zero-order valence-electron chi connectivity index (χ0n) is 8.76. The molecule has 2 rings (SSSR count). The molecule has 0 fully saturated rings. The van der Waals surface area contributed by atoms with Gasteiger partial charge in [-0.2, -0.15) is 0 Å². The average Bonchev–Trinajstić information content (AvgIpc) is 2.61. The lowest BCUT2D eigenvalue weighted by Crippen LogP contribution is -1.99. The van der Waals surface area contributed by atoms with Gasteiger partial charge in [0, 0.05) is 14.9 Å². The second kappa shape index (κ2) is 5.11. The second-order valence-electron chi connectivity index (χ2n) is 3.49. The van der Waals surface area contributed by atoms with Crippen molar-refractivity contribution in [3.05, 3.63) is 54.1 Å². The van der Waals surface area contributed by atoms with Gasteiger partial charge < -0.3 is 0 Å². The molecule has 88 valence electrons. The van der Waals surface area contributed by atoms with Gasteiger partial charge in [-0.1, -0.05) is 23.2 Å². The first-order chi connectivity index (χ1) is 7.99. The number of rotatable bonds is 2. The number of carbonyl (C=O) groups is 1. The van der Waals surface area contributed by atoms with Gasteiger partial charge in [0.2, 0.25) is 5.78 Å². The van der Waals surface area contributed by atoms with E-state index < -0.39 is 0 Å². The molecular weight excluding hydrogens is 343 g/mol. The largest absolute Gasteiger partial charge is 0.288 e. The molecule has 0 radical (unpaired) electrons. The van der Waals surface area contributed by atoms with Crippen molar-refractivity contribution in [1.82, 2.24) is 0 Å². The van der Waals surface area contributed by atoms with E-state index in [0.29, 0.717) is 20.5 Å². The molecule has 0 N–H and O–H groups in total. The number of halogens is 3. The Kier molecular flexibility index (Phi) is 3.93. The lowest BCUT2D eigenvalue weighted by atomic mass is 10.1. The molecule has 17 heavy (non-hydrogen) atoms. The van der Waals surface area contributed by atoms with Gasteiger partial charge in [0.05, 0.1) is 14.9 Å². The van der Waals surface area contributed by atoms with E-state index in [4.69, 9.17) is 23.2 Å². The number of hydrogen-bond donors (Lipinski definition) is 0. The summed E-state index contributed by atoms with van der Waals surface area (Å²) < 4.78 is 0.816. The summed E-state index contributed by atoms with van der Waals surface area (Å²) >= 11 is 16.5. The summed E-state index contributed by atoms with van der Waals surface area (Å²) in [5, 5.41) is 0.839. The van der Waals surface area contributed by atoms with Crippen LogP contribution in [-0.2, 0) is 0 Å². The summed E-state index contributed by atoms with van der Waals surface area (Å²) in [4.78, 5) is 14.0. The topological polar surface area (TPSA) is 17.1 Å². The molecule has 5 heteroatoms. The average molecular weight is 350 g/mol. The molecule has 0 unspecified atom stereocenters. The van der Waals surface area contributed by atoms with Crippen molar-refractivity contribution in [2.45, 2.75) is 6.92 Å². The molecule has 0 atom stereocenters. The van der Waals surface area contributed by atoms with Crippen molar-refractivity contribution in [3.63, 3.8) is 0 Å². The minimum atomic E-state index is -0.0476. The number of carbonyl (C=O) groups excluding carboxylic acids is 1. The summed E-state index contributed by atoms with van der Waals surface area (Å²) in [6, 6.07) is 6.83. The van der Waals surface area contributed by atoms with Crippen LogP contribution in [0.1, 0.15) is 20.1 Å². The summed E-state index contributed by atoms with van der Waals surface area (Å²) in [5.74, 6) is -0.0476. The summed E-state index contributed by atoms with van der Waals surface area (Å²) in [7, 11) is 0. The third-order valence-corrected chi connectivity index (χ3v) is 4.87. The van der Waals surface area contributed by atoms with Gasteiger partial charge >= 0.3 is 0 Å². The van der Waals surface area contributed by atoms with Crippen molar-refractivity contribution in [1.29, 1.82) is 0 Å². The molecule has 1 aromatic heterocycles. The third-order valence-electron chi connectivity index (χ3n) is 2.20. The van der Waals surface area contributed by atoms with Crippen LogP contribution in [0, 0.1) is 6.92 Å². The molecule has 0 bridgehead atoms. The highest BCUT2D eigenvalue weighted by atomic mass is 79.9. The highest BCUT2D eigenvalue weighted by Gasteiger charge is 2.16. The van der Waals surface area contributed by atoms with Gasteiger partial charge in [-0.15, -0.1) is 11.3 Å². The van der Waals surface area contributed by atoms with Crippen LogP contribution in [-0.4, -0.2) is 5.78 Å². The van der Waals surface area contributed by atoms with Crippen molar-refractivity contribution >= 4 is 56.3 Å². The molecule has 2 aromatic rings. The lowest BCUT2D eigenvalue weighted by Gasteiger charge is -2.01. The quantitative estimate of drug-likeness (QED) is 0.667. The Balaban J connectivity index is 2.44. The highest BCUT2D eigenvalue weighted by molar-refractivity contribution is 9.10. The maximum Gasteiger partial charge on any atom is 0.204 e. The fourth-order valence-electron chi connectivity index (χ4n) is 1.41. The molecule has 0 saturated heterocycles. The van der Waals surface area contributed by atoms with E-state index in [9.17, 15) is 4.79 Å². The smallest absolute Gasteiger partial charge is 0.204 e. The standard InChI is InChI=1S/C12H7BrCl2OS/c1-6-4-8(13)12(17-6)11(16)7-2-3-9(14)10(15)5-7/h2-5H,1H3. The first-order valence-electron chi connectivity index (χ1n) is 4.74. The Morgan fingerprint density at radius 1 is 1.24 bits per heavy atom. The first-order valence-corrected chi connectivity index (χ1v) is 7.11. The lowest BCUT2D eigenvalue weighted by molar-refractivity contribution is 0.104. The third kappa shape index (κ3) is 2.74. The van der Waals surface area contributed by atoms with E-state index in [0.717, 1.165) is 9.35 Å². The van der Waals surface area contributed by atoms with Crippen LogP contribution < -0.4 is 0 Å². The predicted octanol–water partition coefficient (Wildman–Crippen LogP) is 5.36. The number of aryl methyl sites for hydroxylation is 1. The Morgan fingerprint density at radius 3 is 2.47 bits per heavy atom. The van der Waals surface area contributed by atoms with Crippen LogP contribution in [0.5, 0.6) is 0 Å². The molecule has 0 aliphatic carbocycles. The van der Waals surface area contributed by atoms with Crippen LogP contribution in [0.15, 0.2) is 28.7 Å². The summed E-state index contributed by atoms with van der Waals surface area (Å²) in [6.45, 7) is 1.96. The molecule has 1 aromatic carbocycles. The Labute approximate surface area is 121 Å². The van der Waals surface area contributed by atoms with E-state index in [2.05, 4.69) is 15.9 Å². The first kappa shape index (κ1) is 13.1. The fraction of sp³-hybridized carbons (Fsp3) is 0.0833. The maximum absolute atomic E-state index is 12.2. The van der Waals surface area contributed by atoms with Crippen LogP contribution in [0.4, 0.5) is 0 Å². The van der Waals surface area contributed by atoms with Gasteiger partial charge in [-0.3, -0.25) is 4.79 Å². The number of benzene rings is 1. The summed E-state index contributed by atoms with van der Waals surface area (Å²) in [6.07, 6.45) is 0. The molecule has 0 aliphatic heterocycles. The van der Waals surface area contributed by atoms with Gasteiger partial charge in [0.25, 0.3) is 0 Å². The molecule has 0 spiro atoms. The van der Waals surface area contributed by atoms with E-state index in [1.165, 1.54) is 11.3 Å².